The standard InChI is InChI=1S/C22H21N3O4S/c1-24(2)11-6-8-25(9-7-11)22-23-13-10-15(27)17-18(21(13)30-22)19(28)12-4-3-5-14(26)16(12)20(17)29/h3-5,10-11,26-27H,6-9H2,1-2H3. The average Bonchev–Trinajstić information content (AvgIpc) is 3.14. The lowest BCUT2D eigenvalue weighted by molar-refractivity contribution is 0.0975. The SMILES string of the molecule is CN(C)C1CCN(c2nc3cc(O)c4c(c3s2)C(=O)c2cccc(O)c2C4=O)CC1. The Balaban J connectivity index is 1.61. The normalized spacial score (nSPS) is 17.0. The van der Waals surface area contributed by atoms with Crippen LogP contribution in [0.25, 0.3) is 10.2 Å². The molecule has 0 bridgehead atoms. The number of carbonyl (C=O) groups excluding carboxylic acids is 2. The third-order valence-corrected chi connectivity index (χ3v) is 7.23. The molecule has 0 radical (unpaired) electrons. The minimum Gasteiger partial charge on any atom is -0.507 e. The Bertz CT molecular complexity index is 1210. The molecular formula is C22H21N3O4S. The molecule has 1 aliphatic heterocycles. The maximum atomic E-state index is 13.3. The zero-order valence-electron chi connectivity index (χ0n) is 16.7. The molecule has 0 spiro atoms. The summed E-state index contributed by atoms with van der Waals surface area (Å²) in [5.41, 5.74) is 0.732. The molecule has 2 aromatic carbocycles. The molecule has 2 heterocycles. The number of fused-ring (bicyclic) bond motifs is 4. The first-order valence-corrected chi connectivity index (χ1v) is 10.7. The molecule has 30 heavy (non-hydrogen) atoms. The van der Waals surface area contributed by atoms with Crippen LogP contribution in [0.1, 0.15) is 44.7 Å². The fraction of sp³-hybridized carbons (Fsp3) is 0.318. The van der Waals surface area contributed by atoms with E-state index in [-0.39, 0.29) is 39.5 Å². The highest BCUT2D eigenvalue weighted by atomic mass is 32.1. The van der Waals surface area contributed by atoms with Crippen LogP contribution in [0.5, 0.6) is 11.5 Å². The Hall–Kier alpha value is -2.97. The van der Waals surface area contributed by atoms with Crippen LogP contribution >= 0.6 is 11.3 Å². The van der Waals surface area contributed by atoms with Gasteiger partial charge in [0.05, 0.1) is 26.9 Å². The first-order chi connectivity index (χ1) is 14.4. The Kier molecular flexibility index (Phi) is 4.30. The highest BCUT2D eigenvalue weighted by molar-refractivity contribution is 7.22. The van der Waals surface area contributed by atoms with Gasteiger partial charge < -0.3 is 20.0 Å². The molecule has 154 valence electrons. The number of hydrogen-bond donors (Lipinski definition) is 2. The van der Waals surface area contributed by atoms with Crippen molar-refractivity contribution in [1.82, 2.24) is 9.88 Å². The lowest BCUT2D eigenvalue weighted by atomic mass is 9.83. The molecule has 1 fully saturated rings. The molecular weight excluding hydrogens is 402 g/mol. The van der Waals surface area contributed by atoms with Crippen LogP contribution in [0, 0.1) is 0 Å². The van der Waals surface area contributed by atoms with E-state index in [1.807, 2.05) is 0 Å². The molecule has 0 amide bonds. The van der Waals surface area contributed by atoms with E-state index in [0.717, 1.165) is 31.1 Å². The van der Waals surface area contributed by atoms with E-state index in [1.54, 1.807) is 0 Å². The van der Waals surface area contributed by atoms with Gasteiger partial charge in [-0.05, 0) is 33.0 Å². The maximum absolute atomic E-state index is 13.3. The molecule has 8 heteroatoms. The number of benzene rings is 2. The fourth-order valence-electron chi connectivity index (χ4n) is 4.42. The average molecular weight is 423 g/mol. The van der Waals surface area contributed by atoms with E-state index in [4.69, 9.17) is 0 Å². The van der Waals surface area contributed by atoms with Gasteiger partial charge in [-0.1, -0.05) is 23.5 Å². The third kappa shape index (κ3) is 2.71. The van der Waals surface area contributed by atoms with Gasteiger partial charge in [0.2, 0.25) is 5.78 Å². The lowest BCUT2D eigenvalue weighted by Gasteiger charge is -2.34. The number of thiazole rings is 1. The number of hydrogen-bond acceptors (Lipinski definition) is 8. The number of rotatable bonds is 2. The van der Waals surface area contributed by atoms with Crippen LogP contribution in [-0.2, 0) is 0 Å². The second kappa shape index (κ2) is 6.78. The summed E-state index contributed by atoms with van der Waals surface area (Å²) in [6.07, 6.45) is 2.05. The third-order valence-electron chi connectivity index (χ3n) is 6.08. The minimum absolute atomic E-state index is 0.0528. The largest absolute Gasteiger partial charge is 0.507 e. The van der Waals surface area contributed by atoms with E-state index in [1.165, 1.54) is 35.6 Å². The van der Waals surface area contributed by atoms with Crippen molar-refractivity contribution in [3.63, 3.8) is 0 Å². The number of phenolic OH excluding ortho intramolecular Hbond substituents is 2. The quantitative estimate of drug-likeness (QED) is 0.512. The number of aromatic nitrogens is 1. The minimum atomic E-state index is -0.543. The Labute approximate surface area is 177 Å². The summed E-state index contributed by atoms with van der Waals surface area (Å²) in [6, 6.07) is 6.42. The van der Waals surface area contributed by atoms with Gasteiger partial charge in [0.15, 0.2) is 10.9 Å². The van der Waals surface area contributed by atoms with Gasteiger partial charge in [-0.3, -0.25) is 9.59 Å². The van der Waals surface area contributed by atoms with Gasteiger partial charge in [-0.25, -0.2) is 4.98 Å². The van der Waals surface area contributed by atoms with Crippen LogP contribution in [-0.4, -0.2) is 64.9 Å². The summed E-state index contributed by atoms with van der Waals surface area (Å²) in [5, 5.41) is 21.5. The van der Waals surface area contributed by atoms with Crippen molar-refractivity contribution in [2.45, 2.75) is 18.9 Å². The zero-order chi connectivity index (χ0) is 21.2. The van der Waals surface area contributed by atoms with E-state index in [0.29, 0.717) is 16.3 Å². The maximum Gasteiger partial charge on any atom is 0.202 e. The van der Waals surface area contributed by atoms with Crippen molar-refractivity contribution in [2.24, 2.45) is 0 Å². The van der Waals surface area contributed by atoms with E-state index >= 15 is 0 Å². The molecule has 1 aliphatic carbocycles. The van der Waals surface area contributed by atoms with E-state index < -0.39 is 5.78 Å². The number of anilines is 1. The van der Waals surface area contributed by atoms with Crippen molar-refractivity contribution in [3.05, 3.63) is 46.5 Å². The van der Waals surface area contributed by atoms with Gasteiger partial charge in [0.25, 0.3) is 0 Å². The predicted molar refractivity (Wildman–Crippen MR) is 115 cm³/mol. The Morgan fingerprint density at radius 2 is 1.77 bits per heavy atom. The molecule has 1 saturated heterocycles. The molecule has 0 unspecified atom stereocenters. The van der Waals surface area contributed by atoms with Gasteiger partial charge in [0, 0.05) is 30.8 Å². The second-order valence-corrected chi connectivity index (χ2v) is 9.01. The van der Waals surface area contributed by atoms with Crippen molar-refractivity contribution < 1.29 is 19.8 Å². The molecule has 7 nitrogen and oxygen atoms in total. The summed E-state index contributed by atoms with van der Waals surface area (Å²) >= 11 is 1.38. The smallest absolute Gasteiger partial charge is 0.202 e. The van der Waals surface area contributed by atoms with Gasteiger partial charge >= 0.3 is 0 Å². The van der Waals surface area contributed by atoms with Crippen LogP contribution in [0.3, 0.4) is 0 Å². The molecule has 5 rings (SSSR count). The fourth-order valence-corrected chi connectivity index (χ4v) is 5.57. The Morgan fingerprint density at radius 3 is 2.47 bits per heavy atom. The Morgan fingerprint density at radius 1 is 1.03 bits per heavy atom. The second-order valence-electron chi connectivity index (χ2n) is 8.03. The number of piperidine rings is 1. The highest BCUT2D eigenvalue weighted by Crippen LogP contribution is 2.43. The number of ketones is 2. The summed E-state index contributed by atoms with van der Waals surface area (Å²) in [4.78, 5) is 35.4. The van der Waals surface area contributed by atoms with E-state index in [9.17, 15) is 19.8 Å². The van der Waals surface area contributed by atoms with Crippen LogP contribution in [0.2, 0.25) is 0 Å². The zero-order valence-corrected chi connectivity index (χ0v) is 17.5. The van der Waals surface area contributed by atoms with Crippen LogP contribution in [0.15, 0.2) is 24.3 Å². The molecule has 2 aliphatic rings. The number of nitrogens with zero attached hydrogens (tertiary/aromatic N) is 3. The van der Waals surface area contributed by atoms with Crippen molar-refractivity contribution in [1.29, 1.82) is 0 Å². The van der Waals surface area contributed by atoms with E-state index in [2.05, 4.69) is 28.9 Å². The highest BCUT2D eigenvalue weighted by Gasteiger charge is 2.37. The predicted octanol–water partition coefficient (Wildman–Crippen LogP) is 3.01. The molecule has 0 saturated carbocycles. The molecule has 1 aromatic heterocycles. The molecule has 2 N–H and O–H groups in total. The van der Waals surface area contributed by atoms with Gasteiger partial charge in [-0.15, -0.1) is 0 Å². The first kappa shape index (κ1) is 19.0. The topological polar surface area (TPSA) is 94.0 Å². The molecule has 3 aromatic rings. The van der Waals surface area contributed by atoms with Crippen LogP contribution in [0.4, 0.5) is 5.13 Å². The number of aromatic hydroxyl groups is 2. The summed E-state index contributed by atoms with van der Waals surface area (Å²) in [5.74, 6) is -1.46. The first-order valence-electron chi connectivity index (χ1n) is 9.86. The lowest BCUT2D eigenvalue weighted by Crippen LogP contribution is -2.41. The van der Waals surface area contributed by atoms with Gasteiger partial charge in [0.1, 0.15) is 11.5 Å². The summed E-state index contributed by atoms with van der Waals surface area (Å²) in [6.45, 7) is 1.72. The molecule has 0 atom stereocenters. The van der Waals surface area contributed by atoms with Crippen molar-refractivity contribution in [2.75, 3.05) is 32.1 Å². The number of phenols is 2. The summed E-state index contributed by atoms with van der Waals surface area (Å²) < 4.78 is 0.597. The number of carbonyl (C=O) groups is 2. The van der Waals surface area contributed by atoms with Crippen molar-refractivity contribution in [3.8, 4) is 11.5 Å². The van der Waals surface area contributed by atoms with Crippen molar-refractivity contribution >= 4 is 38.3 Å². The van der Waals surface area contributed by atoms with Gasteiger partial charge in [-0.2, -0.15) is 0 Å². The summed E-state index contributed by atoms with van der Waals surface area (Å²) in [7, 11) is 4.18. The monoisotopic (exact) mass is 423 g/mol. The van der Waals surface area contributed by atoms with Crippen LogP contribution < -0.4 is 4.90 Å².